The monoisotopic (exact) mass is 905 g/mol. The quantitative estimate of drug-likeness (QED) is 0.123. The van der Waals surface area contributed by atoms with Crippen molar-refractivity contribution in [2.45, 2.75) is 30.1 Å². The Kier molecular flexibility index (Phi) is 11.3. The molecule has 0 fully saturated rings. The van der Waals surface area contributed by atoms with E-state index in [1.54, 1.807) is 0 Å². The number of benzene rings is 5. The summed E-state index contributed by atoms with van der Waals surface area (Å²) in [5, 5.41) is 2.56. The van der Waals surface area contributed by atoms with Crippen molar-refractivity contribution < 1.29 is 20.1 Å². The van der Waals surface area contributed by atoms with Crippen molar-refractivity contribution in [1.29, 1.82) is 0 Å². The van der Waals surface area contributed by atoms with Gasteiger partial charge in [-0.3, -0.25) is 0 Å². The second-order valence-electron chi connectivity index (χ2n) is 13.3. The van der Waals surface area contributed by atoms with Crippen LogP contribution in [-0.4, -0.2) is 23.2 Å². The summed E-state index contributed by atoms with van der Waals surface area (Å²) in [7, 11) is 0. The van der Waals surface area contributed by atoms with Crippen LogP contribution in [0.4, 0.5) is 0 Å². The summed E-state index contributed by atoms with van der Waals surface area (Å²) in [5.74, 6) is 7.45. The topological polar surface area (TPSA) is 25.8 Å². The molecule has 3 heterocycles. The predicted molar refractivity (Wildman–Crippen MR) is 212 cm³/mol. The third-order valence-electron chi connectivity index (χ3n) is 9.00. The normalized spacial score (nSPS) is 11.8. The summed E-state index contributed by atoms with van der Waals surface area (Å²) in [6.45, 7) is 2.25. The van der Waals surface area contributed by atoms with Gasteiger partial charge in [-0.1, -0.05) is 97.2 Å². The summed E-state index contributed by atoms with van der Waals surface area (Å²) in [5.41, 5.74) is 9.24. The molecule has 0 saturated heterocycles. The molecule has 0 aliphatic rings. The van der Waals surface area contributed by atoms with Gasteiger partial charge in [0.1, 0.15) is 0 Å². The van der Waals surface area contributed by atoms with Gasteiger partial charge in [0.05, 0.1) is 0 Å². The van der Waals surface area contributed by atoms with E-state index in [-0.39, 0.29) is 20.1 Å². The molecule has 1 radical (unpaired) electrons. The first-order valence-electron chi connectivity index (χ1n) is 16.7. The molecule has 5 aromatic carbocycles. The average molecular weight is 904 g/mol. The van der Waals surface area contributed by atoms with Crippen LogP contribution in [0, 0.1) is 12.1 Å². The maximum absolute atomic E-state index is 4.76. The van der Waals surface area contributed by atoms with Crippen LogP contribution in [0.3, 0.4) is 0 Å². The molecule has 0 N–H and O–H groups in total. The molecule has 0 spiro atoms. The van der Waals surface area contributed by atoms with Crippen molar-refractivity contribution in [3.05, 3.63) is 175 Å². The molecule has 0 bridgehead atoms. The first-order valence-corrected chi connectivity index (χ1v) is 24.9. The summed E-state index contributed by atoms with van der Waals surface area (Å²) < 4.78 is 4.00. The van der Waals surface area contributed by atoms with Gasteiger partial charge in [0, 0.05) is 36.9 Å². The van der Waals surface area contributed by atoms with Crippen LogP contribution < -0.4 is 4.40 Å². The van der Waals surface area contributed by atoms with Gasteiger partial charge in [-0.15, -0.1) is 23.8 Å². The number of hydrogen-bond donors (Lipinski definition) is 0. The van der Waals surface area contributed by atoms with Gasteiger partial charge in [-0.2, -0.15) is 11.3 Å². The Bertz CT molecular complexity index is 2310. The van der Waals surface area contributed by atoms with Gasteiger partial charge < -0.3 is 4.98 Å². The molecule has 5 heteroatoms. The molecule has 249 valence electrons. The van der Waals surface area contributed by atoms with Crippen molar-refractivity contribution in [2.24, 2.45) is 0 Å². The number of hydrogen-bond acceptors (Lipinski definition) is 3. The molecule has 3 aromatic heterocycles. The first-order chi connectivity index (χ1) is 23.9. The van der Waals surface area contributed by atoms with E-state index in [0.717, 1.165) is 22.5 Å². The zero-order valence-corrected chi connectivity index (χ0v) is 34.0. The summed E-state index contributed by atoms with van der Waals surface area (Å²) in [4.78, 5) is 9.29. The van der Waals surface area contributed by atoms with Gasteiger partial charge in [0.2, 0.25) is 0 Å². The minimum absolute atomic E-state index is 0. The van der Waals surface area contributed by atoms with Gasteiger partial charge in [0.25, 0.3) is 0 Å². The van der Waals surface area contributed by atoms with Crippen LogP contribution >= 0.6 is 11.3 Å². The van der Waals surface area contributed by atoms with Crippen molar-refractivity contribution in [3.63, 3.8) is 0 Å². The van der Waals surface area contributed by atoms with Crippen LogP contribution in [0.5, 0.6) is 0 Å². The zero-order chi connectivity index (χ0) is 33.8. The fraction of sp³-hybridized carbons (Fsp3) is 0.111. The molecule has 8 aromatic rings. The average Bonchev–Trinajstić information content (AvgIpc) is 3.55. The van der Waals surface area contributed by atoms with E-state index in [9.17, 15) is 0 Å². The summed E-state index contributed by atoms with van der Waals surface area (Å²) >= 11 is 0.128. The van der Waals surface area contributed by atoms with Crippen LogP contribution in [0.2, 0.25) is 17.3 Å². The van der Waals surface area contributed by atoms with Crippen molar-refractivity contribution in [2.75, 3.05) is 0 Å². The van der Waals surface area contributed by atoms with Crippen molar-refractivity contribution in [1.82, 2.24) is 9.97 Å². The van der Waals surface area contributed by atoms with Crippen molar-refractivity contribution in [3.8, 4) is 33.6 Å². The molecule has 1 unspecified atom stereocenters. The first kappa shape index (κ1) is 35.6. The molecule has 0 aliphatic carbocycles. The molecular formula is C45H38GeIrN2S-2. The Balaban J connectivity index is 0.000000215. The van der Waals surface area contributed by atoms with Gasteiger partial charge in [-0.05, 0) is 44.1 Å². The number of aromatic nitrogens is 2. The fourth-order valence-corrected chi connectivity index (χ4v) is 9.65. The van der Waals surface area contributed by atoms with Crippen LogP contribution in [-0.2, 0) is 20.1 Å². The second-order valence-corrected chi connectivity index (χ2v) is 25.0. The molecule has 1 atom stereocenters. The third-order valence-corrected chi connectivity index (χ3v) is 14.5. The Morgan fingerprint density at radius 3 is 2.06 bits per heavy atom. The van der Waals surface area contributed by atoms with E-state index >= 15 is 0 Å². The standard InChI is InChI=1S/C31H22NS.C14H16GeN.Ir/c1-21(22-10-4-2-5-11-22)24-18-19-32-29(20-24)28-17-9-16-27-26-15-8-14-25(30(26)33-31(27)28)23-12-6-3-7-13-23;1-15(2,3)13-9-10-14(16-11-13)12-7-5-4-6-8-12;/h2-16,18-21H,1H3;4-7,9-11H,1-3H3;/q2*-1;. The van der Waals surface area contributed by atoms with E-state index in [1.807, 2.05) is 54.1 Å². The number of nitrogens with zero attached hydrogens (tertiary/aromatic N) is 2. The predicted octanol–water partition coefficient (Wildman–Crippen LogP) is 11.8. The molecule has 8 rings (SSSR count). The number of pyridine rings is 2. The molecule has 0 aliphatic heterocycles. The molecule has 0 saturated carbocycles. The Morgan fingerprint density at radius 1 is 0.620 bits per heavy atom. The number of fused-ring (bicyclic) bond motifs is 3. The van der Waals surface area contributed by atoms with Gasteiger partial charge >= 0.3 is 99.8 Å². The third kappa shape index (κ3) is 7.75. The molecule has 2 nitrogen and oxygen atoms in total. The largest absolute Gasteiger partial charge is 0 e. The number of rotatable bonds is 6. The molecular weight excluding hydrogens is 865 g/mol. The minimum atomic E-state index is -1.72. The van der Waals surface area contributed by atoms with Crippen LogP contribution in [0.1, 0.15) is 24.0 Å². The SMILES string of the molecule is CC(c1ccccc1)c1ccnc(-c2[c-]ccc3c2sc2c(-c4ccccc4)cccc23)c1.[CH3][Ge]([CH3])([CH3])[c]1ccc(-c2[c-]cccc2)nc1.[Ir]. The molecule has 50 heavy (non-hydrogen) atoms. The fourth-order valence-electron chi connectivity index (χ4n) is 6.14. The van der Waals surface area contributed by atoms with Gasteiger partial charge in [0.15, 0.2) is 0 Å². The minimum Gasteiger partial charge on any atom is 0 e. The summed E-state index contributed by atoms with van der Waals surface area (Å²) in [6, 6.07) is 55.4. The Morgan fingerprint density at radius 2 is 1.36 bits per heavy atom. The zero-order valence-electron chi connectivity index (χ0n) is 28.6. The number of thiophene rings is 1. The maximum Gasteiger partial charge on any atom is 0 e. The van der Waals surface area contributed by atoms with E-state index in [4.69, 9.17) is 4.98 Å². The Labute approximate surface area is 316 Å². The maximum atomic E-state index is 4.76. The van der Waals surface area contributed by atoms with E-state index in [1.165, 1.54) is 46.8 Å². The van der Waals surface area contributed by atoms with E-state index in [0.29, 0.717) is 5.92 Å². The Hall–Kier alpha value is -4.19. The van der Waals surface area contributed by atoms with Crippen LogP contribution in [0.15, 0.2) is 152 Å². The van der Waals surface area contributed by atoms with E-state index in [2.05, 4.69) is 151 Å². The molecule has 0 amide bonds. The van der Waals surface area contributed by atoms with E-state index < -0.39 is 13.3 Å². The summed E-state index contributed by atoms with van der Waals surface area (Å²) in [6.07, 6.45) is 3.97. The smallest absolute Gasteiger partial charge is 0 e. The van der Waals surface area contributed by atoms with Gasteiger partial charge in [-0.25, -0.2) is 0 Å². The second kappa shape index (κ2) is 15.8. The van der Waals surface area contributed by atoms with Crippen LogP contribution in [0.25, 0.3) is 53.8 Å². The van der Waals surface area contributed by atoms with Crippen molar-refractivity contribution >= 4 is 49.2 Å².